The van der Waals surface area contributed by atoms with Crippen LogP contribution < -0.4 is 10.6 Å². The van der Waals surface area contributed by atoms with Gasteiger partial charge in [0.1, 0.15) is 11.1 Å². The molecule has 146 valence electrons. The molecule has 1 aromatic heterocycles. The maximum absolute atomic E-state index is 11.7. The first kappa shape index (κ1) is 20.6. The Morgan fingerprint density at radius 2 is 2.31 bits per heavy atom. The van der Waals surface area contributed by atoms with Crippen molar-refractivity contribution in [1.82, 2.24) is 20.5 Å². The number of guanidine groups is 1. The Bertz CT molecular complexity index is 600. The minimum absolute atomic E-state index is 0.0164. The van der Waals surface area contributed by atoms with Crippen molar-refractivity contribution in [2.24, 2.45) is 4.99 Å². The van der Waals surface area contributed by atoms with E-state index in [0.29, 0.717) is 25.6 Å². The molecule has 0 bridgehead atoms. The Labute approximate surface area is 160 Å². The van der Waals surface area contributed by atoms with E-state index in [-0.39, 0.29) is 12.0 Å². The first-order valence-corrected chi connectivity index (χ1v) is 10.2. The number of nitrogens with one attached hydrogen (secondary N) is 2. The van der Waals surface area contributed by atoms with Gasteiger partial charge >= 0.3 is 0 Å². The molecule has 0 aliphatic heterocycles. The average molecular weight is 382 g/mol. The molecule has 0 saturated heterocycles. The van der Waals surface area contributed by atoms with Crippen molar-refractivity contribution in [2.45, 2.75) is 58.2 Å². The first-order chi connectivity index (χ1) is 12.5. The monoisotopic (exact) mass is 381 g/mol. The van der Waals surface area contributed by atoms with Crippen LogP contribution in [0.4, 0.5) is 0 Å². The molecule has 2 rings (SSSR count). The Morgan fingerprint density at radius 1 is 1.54 bits per heavy atom. The van der Waals surface area contributed by atoms with E-state index >= 15 is 0 Å². The first-order valence-electron chi connectivity index (χ1n) is 9.29. The third kappa shape index (κ3) is 6.92. The number of ether oxygens (including phenoxy) is 1. The molecule has 1 amide bonds. The summed E-state index contributed by atoms with van der Waals surface area (Å²) in [6.45, 7) is 6.16. The number of carbonyl (C=O) groups is 1. The lowest BCUT2D eigenvalue weighted by Crippen LogP contribution is -2.38. The molecule has 1 aliphatic carbocycles. The van der Waals surface area contributed by atoms with Crippen LogP contribution >= 0.6 is 11.3 Å². The third-order valence-electron chi connectivity index (χ3n) is 4.13. The lowest BCUT2D eigenvalue weighted by molar-refractivity contribution is -0.121. The summed E-state index contributed by atoms with van der Waals surface area (Å²) >= 11 is 1.62. The number of thiazole rings is 1. The van der Waals surface area contributed by atoms with Gasteiger partial charge in [-0.25, -0.2) is 4.98 Å². The van der Waals surface area contributed by atoms with Crippen LogP contribution in [0.2, 0.25) is 0 Å². The van der Waals surface area contributed by atoms with Crippen LogP contribution in [0.5, 0.6) is 0 Å². The smallest absolute Gasteiger partial charge is 0.220 e. The number of hydrogen-bond donors (Lipinski definition) is 2. The largest absolute Gasteiger partial charge is 0.375 e. The van der Waals surface area contributed by atoms with Crippen LogP contribution in [0.15, 0.2) is 10.4 Å². The maximum atomic E-state index is 11.7. The normalized spacial score (nSPS) is 15.6. The third-order valence-corrected chi connectivity index (χ3v) is 5.19. The minimum atomic E-state index is 0.0164. The number of carbonyl (C=O) groups excluding carboxylic acids is 1. The van der Waals surface area contributed by atoms with Gasteiger partial charge in [0.05, 0.1) is 12.2 Å². The SMILES string of the molecule is CCNC(=NCCCC(=O)NC1CC1)N(C)Cc1csc(C(C)OC)n1. The van der Waals surface area contributed by atoms with E-state index in [0.717, 1.165) is 42.5 Å². The molecule has 1 heterocycles. The number of rotatable bonds is 10. The number of methoxy groups -OCH3 is 1. The van der Waals surface area contributed by atoms with Crippen LogP contribution in [-0.2, 0) is 16.1 Å². The van der Waals surface area contributed by atoms with Crippen molar-refractivity contribution in [1.29, 1.82) is 0 Å². The highest BCUT2D eigenvalue weighted by atomic mass is 32.1. The number of hydrogen-bond acceptors (Lipinski definition) is 5. The van der Waals surface area contributed by atoms with Crippen LogP contribution in [0.25, 0.3) is 0 Å². The van der Waals surface area contributed by atoms with E-state index in [9.17, 15) is 4.79 Å². The Balaban J connectivity index is 1.81. The van der Waals surface area contributed by atoms with Gasteiger partial charge in [0.2, 0.25) is 5.91 Å². The second kappa shape index (κ2) is 10.5. The molecule has 1 atom stereocenters. The molecule has 7 nitrogen and oxygen atoms in total. The zero-order valence-electron chi connectivity index (χ0n) is 16.2. The summed E-state index contributed by atoms with van der Waals surface area (Å²) in [5, 5.41) is 9.36. The van der Waals surface area contributed by atoms with Crippen LogP contribution in [0, 0.1) is 0 Å². The highest BCUT2D eigenvalue weighted by molar-refractivity contribution is 7.09. The standard InChI is InChI=1S/C18H31N5O2S/c1-5-19-18(20-10-6-7-16(24)21-14-8-9-14)23(3)11-15-12-26-17(22-15)13(2)25-4/h12-14H,5-11H2,1-4H3,(H,19,20)(H,21,24). The van der Waals surface area contributed by atoms with E-state index in [4.69, 9.17) is 4.74 Å². The fourth-order valence-electron chi connectivity index (χ4n) is 2.42. The fourth-order valence-corrected chi connectivity index (χ4v) is 3.26. The van der Waals surface area contributed by atoms with E-state index in [1.165, 1.54) is 0 Å². The van der Waals surface area contributed by atoms with E-state index < -0.39 is 0 Å². The Kier molecular flexibility index (Phi) is 8.31. The van der Waals surface area contributed by atoms with Gasteiger partial charge in [0, 0.05) is 45.1 Å². The molecular weight excluding hydrogens is 350 g/mol. The molecule has 0 aromatic carbocycles. The Hall–Kier alpha value is -1.67. The fraction of sp³-hybridized carbons (Fsp3) is 0.722. The van der Waals surface area contributed by atoms with E-state index in [1.54, 1.807) is 18.4 Å². The van der Waals surface area contributed by atoms with Gasteiger partial charge in [-0.05, 0) is 33.1 Å². The van der Waals surface area contributed by atoms with Crippen LogP contribution in [-0.4, -0.2) is 55.0 Å². The lowest BCUT2D eigenvalue weighted by Gasteiger charge is -2.21. The van der Waals surface area contributed by atoms with Gasteiger partial charge in [-0.3, -0.25) is 9.79 Å². The molecule has 0 radical (unpaired) electrons. The number of aliphatic imine (C=N–C) groups is 1. The number of nitrogens with zero attached hydrogens (tertiary/aromatic N) is 3. The molecule has 2 N–H and O–H groups in total. The van der Waals surface area contributed by atoms with Crippen molar-refractivity contribution >= 4 is 23.2 Å². The van der Waals surface area contributed by atoms with Crippen molar-refractivity contribution < 1.29 is 9.53 Å². The summed E-state index contributed by atoms with van der Waals surface area (Å²) in [6, 6.07) is 0.429. The van der Waals surface area contributed by atoms with Gasteiger partial charge in [-0.15, -0.1) is 11.3 Å². The van der Waals surface area contributed by atoms with E-state index in [2.05, 4.69) is 30.9 Å². The molecule has 1 fully saturated rings. The molecule has 1 aromatic rings. The van der Waals surface area contributed by atoms with E-state index in [1.807, 2.05) is 20.9 Å². The van der Waals surface area contributed by atoms with Crippen molar-refractivity contribution in [3.63, 3.8) is 0 Å². The topological polar surface area (TPSA) is 78.9 Å². The van der Waals surface area contributed by atoms with Crippen molar-refractivity contribution in [3.8, 4) is 0 Å². The van der Waals surface area contributed by atoms with Gasteiger partial charge < -0.3 is 20.3 Å². The highest BCUT2D eigenvalue weighted by Crippen LogP contribution is 2.21. The van der Waals surface area contributed by atoms with Gasteiger partial charge in [0.15, 0.2) is 5.96 Å². The minimum Gasteiger partial charge on any atom is -0.375 e. The summed E-state index contributed by atoms with van der Waals surface area (Å²) < 4.78 is 5.32. The number of aromatic nitrogens is 1. The van der Waals surface area contributed by atoms with Gasteiger partial charge in [0.25, 0.3) is 0 Å². The predicted octanol–water partition coefficient (Wildman–Crippen LogP) is 2.31. The average Bonchev–Trinajstić information content (AvgIpc) is 3.31. The summed E-state index contributed by atoms with van der Waals surface area (Å²) in [5.74, 6) is 0.979. The molecule has 1 unspecified atom stereocenters. The van der Waals surface area contributed by atoms with Crippen molar-refractivity contribution in [2.75, 3.05) is 27.2 Å². The quantitative estimate of drug-likeness (QED) is 0.369. The summed E-state index contributed by atoms with van der Waals surface area (Å²) in [6.07, 6.45) is 3.56. The zero-order valence-corrected chi connectivity index (χ0v) is 17.1. The predicted molar refractivity (Wildman–Crippen MR) is 105 cm³/mol. The molecule has 1 aliphatic rings. The lowest BCUT2D eigenvalue weighted by atomic mass is 10.3. The number of amides is 1. The maximum Gasteiger partial charge on any atom is 0.220 e. The Morgan fingerprint density at radius 3 is 2.96 bits per heavy atom. The van der Waals surface area contributed by atoms with Gasteiger partial charge in [-0.2, -0.15) is 0 Å². The molecule has 8 heteroatoms. The highest BCUT2D eigenvalue weighted by Gasteiger charge is 2.22. The zero-order chi connectivity index (χ0) is 18.9. The van der Waals surface area contributed by atoms with Gasteiger partial charge in [-0.1, -0.05) is 0 Å². The summed E-state index contributed by atoms with van der Waals surface area (Å²) in [7, 11) is 3.69. The summed E-state index contributed by atoms with van der Waals surface area (Å²) in [5.41, 5.74) is 1.01. The molecule has 26 heavy (non-hydrogen) atoms. The second-order valence-electron chi connectivity index (χ2n) is 6.59. The molecular formula is C18H31N5O2S. The van der Waals surface area contributed by atoms with Crippen LogP contribution in [0.3, 0.4) is 0 Å². The summed E-state index contributed by atoms with van der Waals surface area (Å²) in [4.78, 5) is 23.0. The second-order valence-corrected chi connectivity index (χ2v) is 7.48. The molecule has 1 saturated carbocycles. The van der Waals surface area contributed by atoms with Crippen molar-refractivity contribution in [3.05, 3.63) is 16.1 Å². The van der Waals surface area contributed by atoms with Crippen LogP contribution in [0.1, 0.15) is 56.3 Å². The molecule has 0 spiro atoms.